The van der Waals surface area contributed by atoms with Gasteiger partial charge in [-0.2, -0.15) is 13.1 Å². The number of carbonyl (C=O) groups excluding carboxylic acids is 1. The smallest absolute Gasteiger partial charge is 0.269 e. The van der Waals surface area contributed by atoms with E-state index in [4.69, 9.17) is 4.74 Å². The van der Waals surface area contributed by atoms with Gasteiger partial charge in [0.15, 0.2) is 6.61 Å². The average molecular weight is 463 g/mol. The summed E-state index contributed by atoms with van der Waals surface area (Å²) < 4.78 is 41.0. The number of nitro benzene ring substituents is 1. The number of nitrogens with zero attached hydrogens (tertiary/aromatic N) is 5. The Kier molecular flexibility index (Phi) is 5.80. The third-order valence-corrected chi connectivity index (χ3v) is 7.34. The van der Waals surface area contributed by atoms with Gasteiger partial charge in [0.05, 0.1) is 16.7 Å². The van der Waals surface area contributed by atoms with Gasteiger partial charge >= 0.3 is 0 Å². The molecule has 31 heavy (non-hydrogen) atoms. The average Bonchev–Trinajstić information content (AvgIpc) is 3.26. The van der Waals surface area contributed by atoms with E-state index in [0.29, 0.717) is 16.8 Å². The van der Waals surface area contributed by atoms with Crippen LogP contribution in [0.2, 0.25) is 0 Å². The highest BCUT2D eigenvalue weighted by Gasteiger charge is 2.32. The van der Waals surface area contributed by atoms with E-state index >= 15 is 0 Å². The van der Waals surface area contributed by atoms with Gasteiger partial charge in [-0.1, -0.05) is 6.07 Å². The molecule has 1 aliphatic heterocycles. The Labute approximate surface area is 181 Å². The highest BCUT2D eigenvalue weighted by Crippen LogP contribution is 2.25. The van der Waals surface area contributed by atoms with E-state index < -0.39 is 14.9 Å². The van der Waals surface area contributed by atoms with Crippen LogP contribution >= 0.6 is 11.7 Å². The molecule has 162 valence electrons. The largest absolute Gasteiger partial charge is 0.484 e. The number of amides is 1. The Balaban J connectivity index is 1.35. The molecule has 0 aliphatic carbocycles. The van der Waals surface area contributed by atoms with Crippen molar-refractivity contribution >= 4 is 44.4 Å². The van der Waals surface area contributed by atoms with E-state index in [2.05, 4.69) is 8.75 Å². The third kappa shape index (κ3) is 4.33. The van der Waals surface area contributed by atoms with Gasteiger partial charge in [0.25, 0.3) is 11.6 Å². The van der Waals surface area contributed by atoms with Crippen molar-refractivity contribution in [3.8, 4) is 5.75 Å². The summed E-state index contributed by atoms with van der Waals surface area (Å²) in [5.41, 5.74) is 0.811. The molecule has 2 heterocycles. The first-order valence-electron chi connectivity index (χ1n) is 9.23. The highest BCUT2D eigenvalue weighted by molar-refractivity contribution is 7.89. The molecular weight excluding hydrogens is 446 g/mol. The van der Waals surface area contributed by atoms with Crippen molar-refractivity contribution in [1.29, 1.82) is 0 Å². The minimum absolute atomic E-state index is 0.0693. The fraction of sp³-hybridized carbons (Fsp3) is 0.278. The molecule has 1 saturated heterocycles. The number of benzene rings is 2. The Bertz CT molecular complexity index is 1220. The molecule has 1 aliphatic rings. The van der Waals surface area contributed by atoms with Crippen LogP contribution in [0.1, 0.15) is 0 Å². The maximum Gasteiger partial charge on any atom is 0.269 e. The highest BCUT2D eigenvalue weighted by atomic mass is 32.2. The van der Waals surface area contributed by atoms with E-state index in [1.54, 1.807) is 12.1 Å². The van der Waals surface area contributed by atoms with Gasteiger partial charge in [0.2, 0.25) is 10.0 Å². The van der Waals surface area contributed by atoms with Gasteiger partial charge < -0.3 is 9.64 Å². The van der Waals surface area contributed by atoms with Gasteiger partial charge in [0.1, 0.15) is 21.7 Å². The number of carbonyl (C=O) groups is 1. The fourth-order valence-corrected chi connectivity index (χ4v) is 5.38. The molecular formula is C18H17N5O6S2. The first-order chi connectivity index (χ1) is 14.9. The molecule has 4 rings (SSSR count). The molecule has 1 aromatic heterocycles. The van der Waals surface area contributed by atoms with E-state index in [0.717, 1.165) is 11.7 Å². The second-order valence-electron chi connectivity index (χ2n) is 6.71. The van der Waals surface area contributed by atoms with Crippen LogP contribution in [0, 0.1) is 10.1 Å². The van der Waals surface area contributed by atoms with Crippen LogP contribution < -0.4 is 4.74 Å². The molecule has 11 nitrogen and oxygen atoms in total. The monoisotopic (exact) mass is 463 g/mol. The maximum absolute atomic E-state index is 13.0. The number of nitro groups is 1. The van der Waals surface area contributed by atoms with Crippen molar-refractivity contribution in [2.75, 3.05) is 32.8 Å². The Morgan fingerprint density at radius 3 is 2.48 bits per heavy atom. The second kappa shape index (κ2) is 8.53. The summed E-state index contributed by atoms with van der Waals surface area (Å²) in [6, 6.07) is 10.3. The topological polar surface area (TPSA) is 136 Å². The van der Waals surface area contributed by atoms with Gasteiger partial charge in [0, 0.05) is 38.3 Å². The van der Waals surface area contributed by atoms with E-state index in [-0.39, 0.29) is 49.3 Å². The minimum Gasteiger partial charge on any atom is -0.484 e. The van der Waals surface area contributed by atoms with Gasteiger partial charge in [-0.15, -0.1) is 0 Å². The fourth-order valence-electron chi connectivity index (χ4n) is 3.21. The zero-order valence-corrected chi connectivity index (χ0v) is 17.7. The van der Waals surface area contributed by atoms with Crippen molar-refractivity contribution in [3.05, 3.63) is 52.6 Å². The number of ether oxygens (including phenoxy) is 1. The maximum atomic E-state index is 13.0. The Morgan fingerprint density at radius 1 is 1.10 bits per heavy atom. The number of aromatic nitrogens is 2. The quantitative estimate of drug-likeness (QED) is 0.396. The summed E-state index contributed by atoms with van der Waals surface area (Å²) in [6.07, 6.45) is 0. The number of hydrogen-bond donors (Lipinski definition) is 0. The summed E-state index contributed by atoms with van der Waals surface area (Å²) in [5.74, 6) is 0.0475. The second-order valence-corrected chi connectivity index (χ2v) is 9.15. The lowest BCUT2D eigenvalue weighted by molar-refractivity contribution is -0.384. The van der Waals surface area contributed by atoms with E-state index in [9.17, 15) is 23.3 Å². The zero-order chi connectivity index (χ0) is 22.0. The van der Waals surface area contributed by atoms with Crippen LogP contribution in [-0.4, -0.2) is 70.0 Å². The van der Waals surface area contributed by atoms with Crippen LogP contribution in [0.25, 0.3) is 11.0 Å². The third-order valence-electron chi connectivity index (χ3n) is 4.87. The molecule has 2 aromatic carbocycles. The predicted octanol–water partition coefficient (Wildman–Crippen LogP) is 1.51. The predicted molar refractivity (Wildman–Crippen MR) is 111 cm³/mol. The number of fused-ring (bicyclic) bond motifs is 1. The van der Waals surface area contributed by atoms with Gasteiger partial charge in [-0.05, 0) is 24.3 Å². The summed E-state index contributed by atoms with van der Waals surface area (Å²) >= 11 is 0.957. The van der Waals surface area contributed by atoms with Crippen LogP contribution in [-0.2, 0) is 14.8 Å². The van der Waals surface area contributed by atoms with Crippen molar-refractivity contribution in [3.63, 3.8) is 0 Å². The Morgan fingerprint density at radius 2 is 1.81 bits per heavy atom. The lowest BCUT2D eigenvalue weighted by Gasteiger charge is -2.33. The summed E-state index contributed by atoms with van der Waals surface area (Å²) in [5, 5.41) is 10.7. The van der Waals surface area contributed by atoms with Gasteiger partial charge in [-0.25, -0.2) is 8.42 Å². The van der Waals surface area contributed by atoms with Crippen LogP contribution in [0.15, 0.2) is 47.4 Å². The van der Waals surface area contributed by atoms with E-state index in [1.807, 2.05) is 0 Å². The Hall–Kier alpha value is -3.16. The lowest BCUT2D eigenvalue weighted by atomic mass is 10.3. The lowest BCUT2D eigenvalue weighted by Crippen LogP contribution is -2.51. The molecule has 0 radical (unpaired) electrons. The number of piperazine rings is 1. The molecule has 1 amide bonds. The number of rotatable bonds is 6. The molecule has 0 saturated carbocycles. The van der Waals surface area contributed by atoms with Crippen molar-refractivity contribution in [1.82, 2.24) is 18.0 Å². The number of sulfonamides is 1. The van der Waals surface area contributed by atoms with Crippen molar-refractivity contribution in [2.24, 2.45) is 0 Å². The normalized spacial score (nSPS) is 15.2. The molecule has 1 fully saturated rings. The molecule has 13 heteroatoms. The first-order valence-corrected chi connectivity index (χ1v) is 11.4. The SMILES string of the molecule is O=C(COc1ccc([N+](=O)[O-])cc1)N1CCN(S(=O)(=O)c2cccc3nsnc23)CC1. The molecule has 0 bridgehead atoms. The molecule has 3 aromatic rings. The van der Waals surface area contributed by atoms with Crippen molar-refractivity contribution in [2.45, 2.75) is 4.90 Å². The molecule has 0 spiro atoms. The van der Waals surface area contributed by atoms with Crippen molar-refractivity contribution < 1.29 is 22.9 Å². The van der Waals surface area contributed by atoms with Crippen LogP contribution in [0.4, 0.5) is 5.69 Å². The standard InChI is InChI=1S/C18H17N5O6S2/c24-17(12-29-14-6-4-13(5-7-14)23(25)26)21-8-10-22(11-9-21)31(27,28)16-3-1-2-15-18(16)20-30-19-15/h1-7H,8-12H2. The minimum atomic E-state index is -3.76. The summed E-state index contributed by atoms with van der Waals surface area (Å²) in [7, 11) is -3.76. The zero-order valence-electron chi connectivity index (χ0n) is 16.1. The number of hydrogen-bond acceptors (Lipinski definition) is 9. The van der Waals surface area contributed by atoms with Gasteiger partial charge in [-0.3, -0.25) is 14.9 Å². The first kappa shape index (κ1) is 21.1. The number of non-ortho nitro benzene ring substituents is 1. The molecule has 0 N–H and O–H groups in total. The van der Waals surface area contributed by atoms with Crippen LogP contribution in [0.3, 0.4) is 0 Å². The summed E-state index contributed by atoms with van der Waals surface area (Å²) in [6.45, 7) is 0.521. The van der Waals surface area contributed by atoms with Crippen LogP contribution in [0.5, 0.6) is 5.75 Å². The van der Waals surface area contributed by atoms with E-state index in [1.165, 1.54) is 39.5 Å². The summed E-state index contributed by atoms with van der Waals surface area (Å²) in [4.78, 5) is 24.2. The molecule has 0 atom stereocenters. The molecule has 0 unspecified atom stereocenters.